The van der Waals surface area contributed by atoms with Crippen molar-refractivity contribution >= 4 is 29.5 Å². The van der Waals surface area contributed by atoms with Crippen LogP contribution in [0.5, 0.6) is 0 Å². The number of pyridine rings is 1. The highest BCUT2D eigenvalue weighted by Crippen LogP contribution is 2.27. The monoisotopic (exact) mass is 303 g/mol. The molecule has 1 N–H and O–H groups in total. The summed E-state index contributed by atoms with van der Waals surface area (Å²) in [4.78, 5) is 19.7. The Morgan fingerprint density at radius 3 is 3.24 bits per heavy atom. The third-order valence-corrected chi connectivity index (χ3v) is 4.82. The number of rotatable bonds is 2. The maximum absolute atomic E-state index is 12.4. The van der Waals surface area contributed by atoms with Crippen molar-refractivity contribution in [1.82, 2.24) is 15.2 Å². The van der Waals surface area contributed by atoms with Crippen molar-refractivity contribution in [2.24, 2.45) is 5.92 Å². The fraction of sp³-hybridized carbons (Fsp3) is 0.467. The van der Waals surface area contributed by atoms with E-state index >= 15 is 0 Å². The molecule has 1 amide bonds. The van der Waals surface area contributed by atoms with E-state index in [0.29, 0.717) is 11.3 Å². The van der Waals surface area contributed by atoms with E-state index in [1.165, 1.54) is 19.5 Å². The van der Waals surface area contributed by atoms with Crippen molar-refractivity contribution < 1.29 is 9.21 Å². The average molecular weight is 303 g/mol. The van der Waals surface area contributed by atoms with Gasteiger partial charge in [-0.2, -0.15) is 0 Å². The highest BCUT2D eigenvalue weighted by Gasteiger charge is 2.33. The van der Waals surface area contributed by atoms with Crippen LogP contribution in [0.4, 0.5) is 0 Å². The second-order valence-corrected chi connectivity index (χ2v) is 6.49. The number of carbonyl (C=O) groups excluding carboxylic acids is 1. The third-order valence-electron chi connectivity index (χ3n) is 4.48. The minimum absolute atomic E-state index is 0.113. The largest absolute Gasteiger partial charge is 0.462 e. The second-order valence-electron chi connectivity index (χ2n) is 6.01. The lowest BCUT2D eigenvalue weighted by molar-refractivity contribution is 0.0904. The van der Waals surface area contributed by atoms with E-state index in [2.05, 4.69) is 27.8 Å². The van der Waals surface area contributed by atoms with Crippen molar-refractivity contribution in [3.63, 3.8) is 0 Å². The number of nitrogens with one attached hydrogen (secondary N) is 1. The van der Waals surface area contributed by atoms with E-state index in [-0.39, 0.29) is 11.9 Å². The highest BCUT2D eigenvalue weighted by molar-refractivity contribution is 7.80. The lowest BCUT2D eigenvalue weighted by atomic mass is 9.97. The number of nitrogens with zero attached hydrogens (tertiary/aromatic N) is 2. The molecular formula is C15H17N3O2S. The van der Waals surface area contributed by atoms with Gasteiger partial charge in [-0.1, -0.05) is 0 Å². The first-order valence-corrected chi connectivity index (χ1v) is 7.73. The van der Waals surface area contributed by atoms with E-state index < -0.39 is 0 Å². The average Bonchev–Trinajstić information content (AvgIpc) is 3.02. The van der Waals surface area contributed by atoms with Crippen molar-refractivity contribution in [3.8, 4) is 0 Å². The van der Waals surface area contributed by atoms with Gasteiger partial charge in [-0.15, -0.1) is 12.6 Å². The zero-order chi connectivity index (χ0) is 14.4. The fourth-order valence-electron chi connectivity index (χ4n) is 3.47. The Morgan fingerprint density at radius 2 is 2.38 bits per heavy atom. The Balaban J connectivity index is 1.52. The first kappa shape index (κ1) is 13.2. The molecule has 4 heterocycles. The number of furan rings is 1. The number of amides is 1. The maximum atomic E-state index is 12.4. The van der Waals surface area contributed by atoms with Crippen molar-refractivity contribution in [2.75, 3.05) is 19.6 Å². The Kier molecular flexibility index (Phi) is 3.15. The van der Waals surface area contributed by atoms with Gasteiger partial charge in [-0.05, 0) is 31.4 Å². The van der Waals surface area contributed by atoms with Gasteiger partial charge in [0.2, 0.25) is 0 Å². The molecule has 6 heteroatoms. The lowest BCUT2D eigenvalue weighted by Crippen LogP contribution is -2.47. The predicted molar refractivity (Wildman–Crippen MR) is 81.7 cm³/mol. The van der Waals surface area contributed by atoms with Crippen LogP contribution in [-0.4, -0.2) is 41.5 Å². The summed E-state index contributed by atoms with van der Waals surface area (Å²) in [5.41, 5.74) is 1.07. The SMILES string of the molecule is O=C(N[C@@H]1C[C@@H]2CCN(C2)C1)c1cc2c(S)coc2cn1. The minimum atomic E-state index is -0.113. The Bertz CT molecular complexity index is 687. The Morgan fingerprint density at radius 1 is 1.48 bits per heavy atom. The third kappa shape index (κ3) is 2.42. The number of hydrogen-bond acceptors (Lipinski definition) is 5. The molecule has 0 aliphatic carbocycles. The first-order valence-electron chi connectivity index (χ1n) is 7.28. The molecule has 4 rings (SSSR count). The van der Waals surface area contributed by atoms with Crippen LogP contribution in [0.15, 0.2) is 27.8 Å². The number of aromatic nitrogens is 1. The summed E-state index contributed by atoms with van der Waals surface area (Å²) in [5, 5.41) is 3.94. The summed E-state index contributed by atoms with van der Waals surface area (Å²) in [6.07, 6.45) is 5.48. The molecule has 110 valence electrons. The smallest absolute Gasteiger partial charge is 0.270 e. The van der Waals surface area contributed by atoms with Crippen molar-refractivity contribution in [1.29, 1.82) is 0 Å². The maximum Gasteiger partial charge on any atom is 0.270 e. The van der Waals surface area contributed by atoms with Gasteiger partial charge in [0.15, 0.2) is 5.58 Å². The van der Waals surface area contributed by atoms with Crippen LogP contribution in [0.1, 0.15) is 23.3 Å². The topological polar surface area (TPSA) is 58.4 Å². The lowest BCUT2D eigenvalue weighted by Gasteiger charge is -2.30. The van der Waals surface area contributed by atoms with Gasteiger partial charge in [-0.25, -0.2) is 4.98 Å². The summed E-state index contributed by atoms with van der Waals surface area (Å²) in [6.45, 7) is 3.31. The molecule has 2 saturated heterocycles. The van der Waals surface area contributed by atoms with Gasteiger partial charge < -0.3 is 14.6 Å². The van der Waals surface area contributed by atoms with Crippen LogP contribution in [-0.2, 0) is 0 Å². The molecule has 2 aliphatic heterocycles. The van der Waals surface area contributed by atoms with Crippen molar-refractivity contribution in [2.45, 2.75) is 23.8 Å². The number of fused-ring (bicyclic) bond motifs is 3. The van der Waals surface area contributed by atoms with Crippen LogP contribution >= 0.6 is 12.6 Å². The summed E-state index contributed by atoms with van der Waals surface area (Å²) >= 11 is 4.32. The zero-order valence-corrected chi connectivity index (χ0v) is 12.5. The zero-order valence-electron chi connectivity index (χ0n) is 11.6. The van der Waals surface area contributed by atoms with E-state index in [1.807, 2.05) is 0 Å². The Labute approximate surface area is 128 Å². The normalized spacial score (nSPS) is 28.0. The van der Waals surface area contributed by atoms with Crippen molar-refractivity contribution in [3.05, 3.63) is 24.2 Å². The van der Waals surface area contributed by atoms with Crippen LogP contribution in [0, 0.1) is 5.92 Å². The number of piperidine rings is 1. The fourth-order valence-corrected chi connectivity index (χ4v) is 3.69. The number of hydrogen-bond donors (Lipinski definition) is 2. The molecule has 2 fully saturated rings. The number of thiol groups is 1. The molecule has 0 spiro atoms. The molecule has 2 aliphatic rings. The van der Waals surface area contributed by atoms with Gasteiger partial charge in [0.1, 0.15) is 12.0 Å². The molecule has 5 nitrogen and oxygen atoms in total. The molecule has 3 atom stereocenters. The molecular weight excluding hydrogens is 286 g/mol. The van der Waals surface area contributed by atoms with Gasteiger partial charge in [0.25, 0.3) is 5.91 Å². The van der Waals surface area contributed by atoms with Gasteiger partial charge in [0, 0.05) is 24.5 Å². The molecule has 2 aromatic heterocycles. The van der Waals surface area contributed by atoms with Gasteiger partial charge in [-0.3, -0.25) is 4.79 Å². The molecule has 2 aromatic rings. The van der Waals surface area contributed by atoms with E-state index in [4.69, 9.17) is 4.42 Å². The number of carbonyl (C=O) groups is 1. The summed E-state index contributed by atoms with van der Waals surface area (Å²) in [5.74, 6) is 0.621. The molecule has 1 unspecified atom stereocenters. The second kappa shape index (κ2) is 5.03. The van der Waals surface area contributed by atoms with Gasteiger partial charge in [0.05, 0.1) is 11.1 Å². The van der Waals surface area contributed by atoms with Crippen LogP contribution in [0.25, 0.3) is 11.0 Å². The van der Waals surface area contributed by atoms with Crippen LogP contribution in [0.2, 0.25) is 0 Å². The first-order chi connectivity index (χ1) is 10.2. The van der Waals surface area contributed by atoms with E-state index in [0.717, 1.165) is 29.2 Å². The van der Waals surface area contributed by atoms with E-state index in [9.17, 15) is 4.79 Å². The van der Waals surface area contributed by atoms with Gasteiger partial charge >= 0.3 is 0 Å². The van der Waals surface area contributed by atoms with E-state index in [1.54, 1.807) is 18.5 Å². The summed E-state index contributed by atoms with van der Waals surface area (Å²) < 4.78 is 5.29. The predicted octanol–water partition coefficient (Wildman–Crippen LogP) is 1.94. The Hall–Kier alpha value is -1.53. The quantitative estimate of drug-likeness (QED) is 0.833. The molecule has 0 radical (unpaired) electrons. The van der Waals surface area contributed by atoms with Crippen LogP contribution in [0.3, 0.4) is 0 Å². The molecule has 21 heavy (non-hydrogen) atoms. The molecule has 2 bridgehead atoms. The molecule has 0 aromatic carbocycles. The standard InChI is InChI=1S/C15H17N3O2S/c19-15(17-10-3-9-1-2-18(6-9)7-10)12-4-11-13(5-16-12)20-8-14(11)21/h4-5,8-10,21H,1-3,6-7H2,(H,17,19)/t9-,10+/m0/s1. The highest BCUT2D eigenvalue weighted by atomic mass is 32.1. The summed E-state index contributed by atoms with van der Waals surface area (Å²) in [7, 11) is 0. The minimum Gasteiger partial charge on any atom is -0.462 e. The molecule has 0 saturated carbocycles. The van der Waals surface area contributed by atoms with Crippen LogP contribution < -0.4 is 5.32 Å². The summed E-state index contributed by atoms with van der Waals surface area (Å²) in [6, 6.07) is 1.98.